The Morgan fingerprint density at radius 2 is 2.25 bits per heavy atom. The van der Waals surface area contributed by atoms with E-state index >= 15 is 0 Å². The molecule has 1 aliphatic rings. The predicted molar refractivity (Wildman–Crippen MR) is 64.6 cm³/mol. The minimum absolute atomic E-state index is 0.574. The molecule has 2 atom stereocenters. The van der Waals surface area contributed by atoms with Gasteiger partial charge in [-0.2, -0.15) is 0 Å². The van der Waals surface area contributed by atoms with Gasteiger partial charge < -0.3 is 10.5 Å². The normalized spacial score (nSPS) is 24.6. The van der Waals surface area contributed by atoms with Crippen LogP contribution in [0.4, 0.5) is 0 Å². The molecule has 1 heterocycles. The van der Waals surface area contributed by atoms with Gasteiger partial charge in [0.25, 0.3) is 0 Å². The fourth-order valence-corrected chi connectivity index (χ4v) is 2.49. The summed E-state index contributed by atoms with van der Waals surface area (Å²) in [5.74, 6) is 1.91. The SMILES string of the molecule is NCC1CCCC1COc1ccncc1Cl. The summed E-state index contributed by atoms with van der Waals surface area (Å²) in [6, 6.07) is 1.80. The van der Waals surface area contributed by atoms with Crippen molar-refractivity contribution in [3.05, 3.63) is 23.5 Å². The fourth-order valence-electron chi connectivity index (χ4n) is 2.32. The summed E-state index contributed by atoms with van der Waals surface area (Å²) in [6.45, 7) is 1.48. The average Bonchev–Trinajstić information content (AvgIpc) is 2.75. The lowest BCUT2D eigenvalue weighted by Gasteiger charge is -2.18. The number of pyridine rings is 1. The summed E-state index contributed by atoms with van der Waals surface area (Å²) in [5.41, 5.74) is 5.73. The van der Waals surface area contributed by atoms with Crippen LogP contribution in [-0.2, 0) is 0 Å². The molecular formula is C12H17ClN2O. The summed E-state index contributed by atoms with van der Waals surface area (Å²) in [4.78, 5) is 3.92. The molecule has 0 aromatic carbocycles. The van der Waals surface area contributed by atoms with E-state index in [-0.39, 0.29) is 0 Å². The minimum Gasteiger partial charge on any atom is -0.492 e. The third-order valence-electron chi connectivity index (χ3n) is 3.31. The molecular weight excluding hydrogens is 224 g/mol. The average molecular weight is 241 g/mol. The molecule has 2 N–H and O–H groups in total. The van der Waals surface area contributed by atoms with Gasteiger partial charge in [-0.25, -0.2) is 0 Å². The molecule has 88 valence electrons. The number of hydrogen-bond acceptors (Lipinski definition) is 3. The third-order valence-corrected chi connectivity index (χ3v) is 3.59. The number of hydrogen-bond donors (Lipinski definition) is 1. The molecule has 0 spiro atoms. The number of nitrogens with two attached hydrogens (primary N) is 1. The Labute approximate surface area is 101 Å². The molecule has 2 rings (SSSR count). The first kappa shape index (κ1) is 11.7. The Balaban J connectivity index is 1.90. The Bertz CT molecular complexity index is 346. The van der Waals surface area contributed by atoms with E-state index in [9.17, 15) is 0 Å². The van der Waals surface area contributed by atoms with Gasteiger partial charge in [0.05, 0.1) is 6.61 Å². The van der Waals surface area contributed by atoms with E-state index in [2.05, 4.69) is 4.98 Å². The van der Waals surface area contributed by atoms with Gasteiger partial charge in [-0.15, -0.1) is 0 Å². The first-order chi connectivity index (χ1) is 7.81. The smallest absolute Gasteiger partial charge is 0.141 e. The maximum Gasteiger partial charge on any atom is 0.141 e. The molecule has 0 saturated heterocycles. The van der Waals surface area contributed by atoms with Crippen LogP contribution in [0.5, 0.6) is 5.75 Å². The van der Waals surface area contributed by atoms with Crippen molar-refractivity contribution in [3.63, 3.8) is 0 Å². The predicted octanol–water partition coefficient (Wildman–Crippen LogP) is 2.49. The summed E-state index contributed by atoms with van der Waals surface area (Å²) >= 11 is 5.97. The second-order valence-corrected chi connectivity index (χ2v) is 4.71. The van der Waals surface area contributed by atoms with Gasteiger partial charge in [0.2, 0.25) is 0 Å². The molecule has 3 nitrogen and oxygen atoms in total. The van der Waals surface area contributed by atoms with Crippen LogP contribution < -0.4 is 10.5 Å². The van der Waals surface area contributed by atoms with Crippen LogP contribution >= 0.6 is 11.6 Å². The van der Waals surface area contributed by atoms with Crippen molar-refractivity contribution < 1.29 is 4.74 Å². The maximum absolute atomic E-state index is 5.97. The van der Waals surface area contributed by atoms with Crippen molar-refractivity contribution in [2.75, 3.05) is 13.2 Å². The topological polar surface area (TPSA) is 48.1 Å². The van der Waals surface area contributed by atoms with Gasteiger partial charge in [0.15, 0.2) is 0 Å². The Kier molecular flexibility index (Phi) is 4.02. The maximum atomic E-state index is 5.97. The molecule has 16 heavy (non-hydrogen) atoms. The van der Waals surface area contributed by atoms with Crippen molar-refractivity contribution in [2.24, 2.45) is 17.6 Å². The van der Waals surface area contributed by atoms with E-state index in [1.807, 2.05) is 0 Å². The molecule has 1 saturated carbocycles. The largest absolute Gasteiger partial charge is 0.492 e. The number of ether oxygens (including phenoxy) is 1. The zero-order valence-corrected chi connectivity index (χ0v) is 9.99. The van der Waals surface area contributed by atoms with Crippen molar-refractivity contribution in [1.29, 1.82) is 0 Å². The van der Waals surface area contributed by atoms with Crippen molar-refractivity contribution >= 4 is 11.6 Å². The number of nitrogens with zero attached hydrogens (tertiary/aromatic N) is 1. The van der Waals surface area contributed by atoms with Crippen LogP contribution in [0.25, 0.3) is 0 Å². The van der Waals surface area contributed by atoms with E-state index < -0.39 is 0 Å². The minimum atomic E-state index is 0.574. The van der Waals surface area contributed by atoms with Gasteiger partial charge in [-0.05, 0) is 31.2 Å². The lowest BCUT2D eigenvalue weighted by atomic mass is 9.97. The summed E-state index contributed by atoms with van der Waals surface area (Å²) < 4.78 is 5.73. The number of aromatic nitrogens is 1. The summed E-state index contributed by atoms with van der Waals surface area (Å²) in [6.07, 6.45) is 7.00. The Morgan fingerprint density at radius 3 is 3.00 bits per heavy atom. The van der Waals surface area contributed by atoms with Crippen LogP contribution in [0.2, 0.25) is 5.02 Å². The first-order valence-corrected chi connectivity index (χ1v) is 6.11. The molecule has 4 heteroatoms. The van der Waals surface area contributed by atoms with Crippen LogP contribution in [0, 0.1) is 11.8 Å². The fraction of sp³-hybridized carbons (Fsp3) is 0.583. The number of rotatable bonds is 4. The van der Waals surface area contributed by atoms with E-state index in [4.69, 9.17) is 22.1 Å². The van der Waals surface area contributed by atoms with Crippen LogP contribution in [0.1, 0.15) is 19.3 Å². The van der Waals surface area contributed by atoms with Gasteiger partial charge in [-0.1, -0.05) is 18.0 Å². The third kappa shape index (κ3) is 2.66. The second kappa shape index (κ2) is 5.51. The van der Waals surface area contributed by atoms with Crippen LogP contribution in [0.15, 0.2) is 18.5 Å². The van der Waals surface area contributed by atoms with E-state index in [1.165, 1.54) is 19.3 Å². The Morgan fingerprint density at radius 1 is 1.44 bits per heavy atom. The molecule has 0 radical (unpaired) electrons. The standard InChI is InChI=1S/C12H17ClN2O/c13-11-7-15-5-4-12(11)16-8-10-3-1-2-9(10)6-14/h4-5,7,9-10H,1-3,6,8,14H2. The summed E-state index contributed by atoms with van der Waals surface area (Å²) in [5, 5.41) is 0.574. The van der Waals surface area contributed by atoms with E-state index in [1.54, 1.807) is 18.5 Å². The quantitative estimate of drug-likeness (QED) is 0.880. The van der Waals surface area contributed by atoms with Crippen molar-refractivity contribution in [1.82, 2.24) is 4.98 Å². The highest BCUT2D eigenvalue weighted by atomic mass is 35.5. The molecule has 2 unspecified atom stereocenters. The van der Waals surface area contributed by atoms with Crippen LogP contribution in [0.3, 0.4) is 0 Å². The molecule has 0 aliphatic heterocycles. The number of halogens is 1. The van der Waals surface area contributed by atoms with Crippen LogP contribution in [-0.4, -0.2) is 18.1 Å². The molecule has 0 bridgehead atoms. The van der Waals surface area contributed by atoms with Gasteiger partial charge in [0, 0.05) is 18.5 Å². The van der Waals surface area contributed by atoms with E-state index in [0.29, 0.717) is 23.5 Å². The highest BCUT2D eigenvalue weighted by molar-refractivity contribution is 6.31. The Hall–Kier alpha value is -0.800. The lowest BCUT2D eigenvalue weighted by Crippen LogP contribution is -2.23. The highest BCUT2D eigenvalue weighted by Crippen LogP contribution is 2.32. The summed E-state index contributed by atoms with van der Waals surface area (Å²) in [7, 11) is 0. The highest BCUT2D eigenvalue weighted by Gasteiger charge is 2.26. The van der Waals surface area contributed by atoms with Gasteiger partial charge in [-0.3, -0.25) is 4.98 Å². The van der Waals surface area contributed by atoms with Gasteiger partial charge >= 0.3 is 0 Å². The lowest BCUT2D eigenvalue weighted by molar-refractivity contribution is 0.217. The molecule has 1 aliphatic carbocycles. The molecule has 0 amide bonds. The van der Waals surface area contributed by atoms with E-state index in [0.717, 1.165) is 12.3 Å². The van der Waals surface area contributed by atoms with Gasteiger partial charge in [0.1, 0.15) is 10.8 Å². The molecule has 1 fully saturated rings. The molecule has 1 aromatic heterocycles. The zero-order chi connectivity index (χ0) is 11.4. The first-order valence-electron chi connectivity index (χ1n) is 5.73. The monoisotopic (exact) mass is 240 g/mol. The second-order valence-electron chi connectivity index (χ2n) is 4.30. The van der Waals surface area contributed by atoms with Crippen molar-refractivity contribution in [2.45, 2.75) is 19.3 Å². The van der Waals surface area contributed by atoms with Crippen molar-refractivity contribution in [3.8, 4) is 5.75 Å². The zero-order valence-electron chi connectivity index (χ0n) is 9.23. The molecule has 1 aromatic rings.